The highest BCUT2D eigenvalue weighted by atomic mass is 15.0. The van der Waals surface area contributed by atoms with E-state index in [-0.39, 0.29) is 0 Å². The summed E-state index contributed by atoms with van der Waals surface area (Å²) in [5.41, 5.74) is 4.91. The summed E-state index contributed by atoms with van der Waals surface area (Å²) < 4.78 is 2.32. The Balaban J connectivity index is 1.95. The Kier molecular flexibility index (Phi) is 5.25. The summed E-state index contributed by atoms with van der Waals surface area (Å²) in [5, 5.41) is 0. The Morgan fingerprint density at radius 3 is 2.43 bits per heavy atom. The maximum Gasteiger partial charge on any atom is 0.0720 e. The van der Waals surface area contributed by atoms with Gasteiger partial charge in [-0.1, -0.05) is 50.5 Å². The first-order valence-corrected chi connectivity index (χ1v) is 8.57. The fourth-order valence-corrected chi connectivity index (χ4v) is 3.03. The third kappa shape index (κ3) is 3.70. The van der Waals surface area contributed by atoms with E-state index in [0.29, 0.717) is 0 Å². The summed E-state index contributed by atoms with van der Waals surface area (Å²) in [6.07, 6.45) is 10.2. The van der Waals surface area contributed by atoms with Crippen molar-refractivity contribution in [3.8, 4) is 16.9 Å². The summed E-state index contributed by atoms with van der Waals surface area (Å²) >= 11 is 0. The van der Waals surface area contributed by atoms with Gasteiger partial charge >= 0.3 is 0 Å². The first kappa shape index (κ1) is 15.5. The largest absolute Gasteiger partial charge is 0.320 e. The van der Waals surface area contributed by atoms with Crippen LogP contribution >= 0.6 is 0 Å². The number of benzene rings is 1. The maximum absolute atomic E-state index is 4.55. The van der Waals surface area contributed by atoms with Gasteiger partial charge in [0.05, 0.1) is 5.69 Å². The highest BCUT2D eigenvalue weighted by molar-refractivity contribution is 5.64. The average Bonchev–Trinajstić information content (AvgIpc) is 3.04. The number of unbranched alkanes of at least 4 members (excludes halogenated alkanes) is 3. The number of nitrogens with zero attached hydrogens (tertiary/aromatic N) is 2. The zero-order chi connectivity index (χ0) is 15.9. The lowest BCUT2D eigenvalue weighted by Gasteiger charge is -2.12. The number of aromatic nitrogens is 2. The Morgan fingerprint density at radius 2 is 1.70 bits per heavy atom. The standard InChI is InChI=1S/C21H24N2/c1-2-3-4-8-14-21-19(20-13-9-10-16-22-20)15-17-23(21)18-11-6-5-7-12-18/h5-7,9-13,15-17H,2-4,8,14H2,1H3. The molecule has 0 bridgehead atoms. The Bertz CT molecular complexity index is 657. The lowest BCUT2D eigenvalue weighted by Crippen LogP contribution is -2.01. The first-order chi connectivity index (χ1) is 11.4. The summed E-state index contributed by atoms with van der Waals surface area (Å²) in [4.78, 5) is 4.55. The van der Waals surface area contributed by atoms with E-state index in [2.05, 4.69) is 71.2 Å². The molecule has 0 saturated carbocycles. The molecular formula is C21H24N2. The lowest BCUT2D eigenvalue weighted by atomic mass is 10.1. The van der Waals surface area contributed by atoms with Crippen molar-refractivity contribution in [2.24, 2.45) is 0 Å². The summed E-state index contributed by atoms with van der Waals surface area (Å²) in [6.45, 7) is 2.26. The van der Waals surface area contributed by atoms with Gasteiger partial charge in [-0.15, -0.1) is 0 Å². The van der Waals surface area contributed by atoms with E-state index in [9.17, 15) is 0 Å². The number of para-hydroxylation sites is 1. The molecule has 0 unspecified atom stereocenters. The number of rotatable bonds is 7. The van der Waals surface area contributed by atoms with Crippen LogP contribution in [0.25, 0.3) is 16.9 Å². The molecule has 2 aromatic heterocycles. The molecule has 0 atom stereocenters. The molecule has 0 radical (unpaired) electrons. The van der Waals surface area contributed by atoms with Crippen molar-refractivity contribution in [3.05, 3.63) is 72.7 Å². The second-order valence-corrected chi connectivity index (χ2v) is 5.91. The average molecular weight is 304 g/mol. The van der Waals surface area contributed by atoms with Gasteiger partial charge in [-0.05, 0) is 43.2 Å². The van der Waals surface area contributed by atoms with Gasteiger partial charge < -0.3 is 4.57 Å². The van der Waals surface area contributed by atoms with Gasteiger partial charge in [0.25, 0.3) is 0 Å². The second-order valence-electron chi connectivity index (χ2n) is 5.91. The Morgan fingerprint density at radius 1 is 0.870 bits per heavy atom. The van der Waals surface area contributed by atoms with Crippen LogP contribution in [-0.2, 0) is 6.42 Å². The van der Waals surface area contributed by atoms with Gasteiger partial charge in [0, 0.05) is 29.3 Å². The summed E-state index contributed by atoms with van der Waals surface area (Å²) in [7, 11) is 0. The molecule has 23 heavy (non-hydrogen) atoms. The predicted octanol–water partition coefficient (Wildman–Crippen LogP) is 5.66. The molecule has 0 amide bonds. The smallest absolute Gasteiger partial charge is 0.0720 e. The second kappa shape index (κ2) is 7.77. The van der Waals surface area contributed by atoms with Gasteiger partial charge in [0.1, 0.15) is 0 Å². The minimum atomic E-state index is 1.06. The van der Waals surface area contributed by atoms with E-state index in [1.165, 1.54) is 42.6 Å². The van der Waals surface area contributed by atoms with Crippen molar-refractivity contribution in [3.63, 3.8) is 0 Å². The maximum atomic E-state index is 4.55. The van der Waals surface area contributed by atoms with Gasteiger partial charge in [0.2, 0.25) is 0 Å². The third-order valence-electron chi connectivity index (χ3n) is 4.23. The monoisotopic (exact) mass is 304 g/mol. The van der Waals surface area contributed by atoms with Crippen LogP contribution in [0.2, 0.25) is 0 Å². The van der Waals surface area contributed by atoms with Crippen LogP contribution in [-0.4, -0.2) is 9.55 Å². The van der Waals surface area contributed by atoms with E-state index >= 15 is 0 Å². The molecule has 0 aliphatic rings. The van der Waals surface area contributed by atoms with Crippen LogP contribution in [0.5, 0.6) is 0 Å². The molecule has 3 rings (SSSR count). The molecule has 3 aromatic rings. The minimum absolute atomic E-state index is 1.06. The Labute approximate surface area is 138 Å². The van der Waals surface area contributed by atoms with Crippen molar-refractivity contribution >= 4 is 0 Å². The quantitative estimate of drug-likeness (QED) is 0.515. The van der Waals surface area contributed by atoms with Crippen LogP contribution in [0.3, 0.4) is 0 Å². The fourth-order valence-electron chi connectivity index (χ4n) is 3.03. The highest BCUT2D eigenvalue weighted by Gasteiger charge is 2.12. The molecule has 2 heteroatoms. The molecular weight excluding hydrogens is 280 g/mol. The molecule has 2 nitrogen and oxygen atoms in total. The zero-order valence-corrected chi connectivity index (χ0v) is 13.8. The zero-order valence-electron chi connectivity index (χ0n) is 13.8. The van der Waals surface area contributed by atoms with E-state index in [1.54, 1.807) is 0 Å². The number of hydrogen-bond donors (Lipinski definition) is 0. The molecule has 118 valence electrons. The normalized spacial score (nSPS) is 10.8. The van der Waals surface area contributed by atoms with Crippen LogP contribution in [0.4, 0.5) is 0 Å². The van der Waals surface area contributed by atoms with Crippen molar-refractivity contribution in [1.82, 2.24) is 9.55 Å². The van der Waals surface area contributed by atoms with Gasteiger partial charge in [-0.2, -0.15) is 0 Å². The molecule has 0 aliphatic heterocycles. The highest BCUT2D eigenvalue weighted by Crippen LogP contribution is 2.27. The molecule has 0 aliphatic carbocycles. The molecule has 0 fully saturated rings. The predicted molar refractivity (Wildman–Crippen MR) is 96.8 cm³/mol. The molecule has 0 spiro atoms. The molecule has 0 saturated heterocycles. The van der Waals surface area contributed by atoms with Crippen LogP contribution in [0, 0.1) is 0 Å². The third-order valence-corrected chi connectivity index (χ3v) is 4.23. The molecule has 1 aromatic carbocycles. The fraction of sp³-hybridized carbons (Fsp3) is 0.286. The van der Waals surface area contributed by atoms with Crippen molar-refractivity contribution < 1.29 is 0 Å². The van der Waals surface area contributed by atoms with Crippen molar-refractivity contribution in [2.75, 3.05) is 0 Å². The number of hydrogen-bond acceptors (Lipinski definition) is 1. The van der Waals surface area contributed by atoms with Crippen molar-refractivity contribution in [1.29, 1.82) is 0 Å². The SMILES string of the molecule is CCCCCCc1c(-c2ccccn2)ccn1-c1ccccc1. The molecule has 2 heterocycles. The number of pyridine rings is 1. The van der Waals surface area contributed by atoms with Gasteiger partial charge in [0.15, 0.2) is 0 Å². The first-order valence-electron chi connectivity index (χ1n) is 8.57. The van der Waals surface area contributed by atoms with E-state index in [0.717, 1.165) is 12.1 Å². The lowest BCUT2D eigenvalue weighted by molar-refractivity contribution is 0.656. The summed E-state index contributed by atoms with van der Waals surface area (Å²) in [6, 6.07) is 18.9. The van der Waals surface area contributed by atoms with Gasteiger partial charge in [-0.3, -0.25) is 4.98 Å². The topological polar surface area (TPSA) is 17.8 Å². The van der Waals surface area contributed by atoms with E-state index in [4.69, 9.17) is 0 Å². The van der Waals surface area contributed by atoms with Gasteiger partial charge in [-0.25, -0.2) is 0 Å². The van der Waals surface area contributed by atoms with Crippen molar-refractivity contribution in [2.45, 2.75) is 39.0 Å². The Hall–Kier alpha value is -2.35. The molecule has 0 N–H and O–H groups in total. The minimum Gasteiger partial charge on any atom is -0.320 e. The van der Waals surface area contributed by atoms with E-state index in [1.807, 2.05) is 12.3 Å². The van der Waals surface area contributed by atoms with Crippen LogP contribution in [0.15, 0.2) is 67.0 Å². The van der Waals surface area contributed by atoms with E-state index < -0.39 is 0 Å². The van der Waals surface area contributed by atoms with Crippen LogP contribution in [0.1, 0.15) is 38.3 Å². The van der Waals surface area contributed by atoms with Crippen LogP contribution < -0.4 is 0 Å². The summed E-state index contributed by atoms with van der Waals surface area (Å²) in [5.74, 6) is 0.